The molecule has 2 heterocycles. The number of thioether (sulfide) groups is 1. The number of nitrogens with one attached hydrogen (secondary N) is 1. The summed E-state index contributed by atoms with van der Waals surface area (Å²) in [5, 5.41) is 11.8. The van der Waals surface area contributed by atoms with Gasteiger partial charge < -0.3 is 4.74 Å². The molecule has 1 unspecified atom stereocenters. The van der Waals surface area contributed by atoms with E-state index in [0.29, 0.717) is 39.4 Å². The Balaban J connectivity index is 1.61. The fourth-order valence-corrected chi connectivity index (χ4v) is 4.59. The molecule has 0 fully saturated rings. The molecule has 34 heavy (non-hydrogen) atoms. The summed E-state index contributed by atoms with van der Waals surface area (Å²) in [5.74, 6) is 1.01. The van der Waals surface area contributed by atoms with E-state index >= 15 is 0 Å². The second kappa shape index (κ2) is 9.75. The number of carbonyl (C=O) groups is 1. The lowest BCUT2D eigenvalue weighted by molar-refractivity contribution is -0.116. The van der Waals surface area contributed by atoms with Crippen LogP contribution in [0.1, 0.15) is 17.3 Å². The smallest absolute Gasteiger partial charge is 0.276 e. The van der Waals surface area contributed by atoms with Crippen LogP contribution in [0.3, 0.4) is 0 Å². The second-order valence-electron chi connectivity index (χ2n) is 7.63. The number of ether oxygens (including phenoxy) is 1. The molecule has 0 aromatic heterocycles. The van der Waals surface area contributed by atoms with Gasteiger partial charge >= 0.3 is 0 Å². The highest BCUT2D eigenvalue weighted by Crippen LogP contribution is 2.37. The van der Waals surface area contributed by atoms with Crippen LogP contribution in [0.15, 0.2) is 95.5 Å². The van der Waals surface area contributed by atoms with E-state index in [-0.39, 0.29) is 5.91 Å². The molecule has 2 aliphatic heterocycles. The summed E-state index contributed by atoms with van der Waals surface area (Å²) in [7, 11) is 0. The van der Waals surface area contributed by atoms with E-state index in [2.05, 4.69) is 11.9 Å². The minimum absolute atomic E-state index is 0.234. The normalized spacial score (nSPS) is 16.6. The quantitative estimate of drug-likeness (QED) is 0.533. The third-order valence-electron chi connectivity index (χ3n) is 5.34. The van der Waals surface area contributed by atoms with E-state index in [1.165, 1.54) is 11.8 Å². The topological polar surface area (TPSA) is 66.3 Å². The molecule has 170 valence electrons. The van der Waals surface area contributed by atoms with Gasteiger partial charge in [-0.25, -0.2) is 5.01 Å². The number of hydrogen-bond donors (Lipinski definition) is 1. The molecule has 3 aromatic carbocycles. The number of amides is 1. The third-order valence-corrected chi connectivity index (χ3v) is 6.44. The molecule has 0 radical (unpaired) electrons. The van der Waals surface area contributed by atoms with Crippen LogP contribution in [0, 0.1) is 0 Å². The van der Waals surface area contributed by atoms with Gasteiger partial charge in [-0.2, -0.15) is 0 Å². The Labute approximate surface area is 206 Å². The number of nitrogens with zero attached hydrogens (tertiary/aromatic N) is 3. The molecule has 6 nitrogen and oxygen atoms in total. The largest absolute Gasteiger partial charge is 0.488 e. The van der Waals surface area contributed by atoms with Crippen molar-refractivity contribution >= 4 is 40.1 Å². The maximum Gasteiger partial charge on any atom is 0.276 e. The Morgan fingerprint density at radius 3 is 2.74 bits per heavy atom. The molecule has 2 aliphatic rings. The SMILES string of the molecule is C=CCSC1=NN2C(=c3ccccc3=NC2c2cc(Cl)ccc2OCc2ccccc2)C(=O)N1. The predicted molar refractivity (Wildman–Crippen MR) is 136 cm³/mol. The van der Waals surface area contributed by atoms with Crippen LogP contribution in [-0.2, 0) is 11.4 Å². The molecular formula is C26H21ClN4O2S. The number of benzene rings is 3. The van der Waals surface area contributed by atoms with Crippen LogP contribution in [0.2, 0.25) is 5.02 Å². The van der Waals surface area contributed by atoms with E-state index in [9.17, 15) is 4.79 Å². The number of hydrogen-bond acceptors (Lipinski definition) is 6. The Bertz CT molecular complexity index is 1410. The lowest BCUT2D eigenvalue weighted by Gasteiger charge is -2.34. The van der Waals surface area contributed by atoms with Crippen LogP contribution < -0.4 is 20.6 Å². The molecule has 0 spiro atoms. The van der Waals surface area contributed by atoms with Crippen molar-refractivity contribution in [3.05, 3.63) is 112 Å². The first-order valence-corrected chi connectivity index (χ1v) is 12.1. The van der Waals surface area contributed by atoms with Crippen LogP contribution in [-0.4, -0.2) is 21.8 Å². The Hall–Kier alpha value is -3.55. The highest BCUT2D eigenvalue weighted by atomic mass is 35.5. The third kappa shape index (κ3) is 4.44. The molecule has 1 atom stereocenters. The van der Waals surface area contributed by atoms with Crippen molar-refractivity contribution in [3.8, 4) is 5.75 Å². The monoisotopic (exact) mass is 488 g/mol. The maximum atomic E-state index is 13.2. The molecule has 8 heteroatoms. The van der Waals surface area contributed by atoms with Gasteiger partial charge in [0.2, 0.25) is 0 Å². The van der Waals surface area contributed by atoms with Gasteiger partial charge in [-0.3, -0.25) is 15.1 Å². The molecule has 0 saturated heterocycles. The molecule has 5 rings (SSSR count). The summed E-state index contributed by atoms with van der Waals surface area (Å²) >= 11 is 7.80. The van der Waals surface area contributed by atoms with Crippen molar-refractivity contribution in [2.24, 2.45) is 10.1 Å². The van der Waals surface area contributed by atoms with E-state index in [1.807, 2.05) is 66.7 Å². The number of carbonyl (C=O) groups excluding carboxylic acids is 1. The maximum absolute atomic E-state index is 13.2. The lowest BCUT2D eigenvalue weighted by atomic mass is 10.1. The van der Waals surface area contributed by atoms with Gasteiger partial charge in [-0.15, -0.1) is 11.7 Å². The fourth-order valence-electron chi connectivity index (χ4n) is 3.82. The highest BCUT2D eigenvalue weighted by Gasteiger charge is 2.35. The number of fused-ring (bicyclic) bond motifs is 2. The molecule has 1 N–H and O–H groups in total. The van der Waals surface area contributed by atoms with Crippen LogP contribution in [0.5, 0.6) is 5.75 Å². The van der Waals surface area contributed by atoms with Gasteiger partial charge in [-0.1, -0.05) is 78.0 Å². The number of para-hydroxylation sites is 1. The number of amidine groups is 1. The van der Waals surface area contributed by atoms with Gasteiger partial charge in [0, 0.05) is 21.6 Å². The summed E-state index contributed by atoms with van der Waals surface area (Å²) in [4.78, 5) is 18.2. The minimum Gasteiger partial charge on any atom is -0.488 e. The standard InChI is InChI=1S/C26H21ClN4O2S/c1-2-14-34-26-29-25(32)23-19-10-6-7-11-21(19)28-24(31(23)30-26)20-15-18(27)12-13-22(20)33-16-17-8-4-3-5-9-17/h2-13,15,24H,1,14,16H2,(H,29,30,32). The van der Waals surface area contributed by atoms with Crippen molar-refractivity contribution in [2.75, 3.05) is 5.75 Å². The summed E-state index contributed by atoms with van der Waals surface area (Å²) in [6.45, 7) is 4.14. The van der Waals surface area contributed by atoms with E-state index in [4.69, 9.17) is 26.4 Å². The number of halogens is 1. The van der Waals surface area contributed by atoms with Gasteiger partial charge in [0.05, 0.1) is 5.36 Å². The highest BCUT2D eigenvalue weighted by molar-refractivity contribution is 8.14. The second-order valence-corrected chi connectivity index (χ2v) is 9.07. The first-order valence-electron chi connectivity index (χ1n) is 10.7. The van der Waals surface area contributed by atoms with Gasteiger partial charge in [0.1, 0.15) is 18.1 Å². The first kappa shape index (κ1) is 22.3. The molecule has 3 aromatic rings. The van der Waals surface area contributed by atoms with Gasteiger partial charge in [0.25, 0.3) is 5.91 Å². The van der Waals surface area contributed by atoms with Crippen molar-refractivity contribution in [3.63, 3.8) is 0 Å². The lowest BCUT2D eigenvalue weighted by Crippen LogP contribution is -2.50. The van der Waals surface area contributed by atoms with Gasteiger partial charge in [-0.05, 0) is 29.8 Å². The van der Waals surface area contributed by atoms with Crippen LogP contribution in [0.25, 0.3) is 5.70 Å². The summed E-state index contributed by atoms with van der Waals surface area (Å²) in [6, 6.07) is 22.9. The Morgan fingerprint density at radius 1 is 1.12 bits per heavy atom. The number of hydrazone groups is 1. The first-order chi connectivity index (χ1) is 16.6. The van der Waals surface area contributed by atoms with Crippen LogP contribution in [0.4, 0.5) is 0 Å². The molecular weight excluding hydrogens is 468 g/mol. The van der Waals surface area contributed by atoms with Crippen molar-refractivity contribution < 1.29 is 9.53 Å². The molecule has 0 aliphatic carbocycles. The van der Waals surface area contributed by atoms with Crippen molar-refractivity contribution in [2.45, 2.75) is 12.8 Å². The van der Waals surface area contributed by atoms with E-state index in [1.54, 1.807) is 17.2 Å². The van der Waals surface area contributed by atoms with Gasteiger partial charge in [0.15, 0.2) is 11.3 Å². The average molecular weight is 489 g/mol. The summed E-state index contributed by atoms with van der Waals surface area (Å²) < 4.78 is 6.20. The fraction of sp³-hybridized carbons (Fsp3) is 0.115. The van der Waals surface area contributed by atoms with E-state index in [0.717, 1.165) is 16.3 Å². The zero-order valence-electron chi connectivity index (χ0n) is 18.1. The summed E-state index contributed by atoms with van der Waals surface area (Å²) in [6.07, 6.45) is 1.14. The molecule has 0 bridgehead atoms. The average Bonchev–Trinajstić information content (AvgIpc) is 2.86. The predicted octanol–water partition coefficient (Wildman–Crippen LogP) is 3.98. The van der Waals surface area contributed by atoms with Crippen LogP contribution >= 0.6 is 23.4 Å². The molecule has 1 amide bonds. The minimum atomic E-state index is -0.625. The summed E-state index contributed by atoms with van der Waals surface area (Å²) in [5.41, 5.74) is 2.20. The van der Waals surface area contributed by atoms with Crippen molar-refractivity contribution in [1.29, 1.82) is 0 Å². The van der Waals surface area contributed by atoms with E-state index < -0.39 is 6.17 Å². The zero-order chi connectivity index (χ0) is 23.5. The van der Waals surface area contributed by atoms with Crippen molar-refractivity contribution in [1.82, 2.24) is 10.3 Å². The number of rotatable bonds is 6. The Morgan fingerprint density at radius 2 is 1.91 bits per heavy atom. The Kier molecular flexibility index (Phi) is 6.38. The molecule has 0 saturated carbocycles. The zero-order valence-corrected chi connectivity index (χ0v) is 19.7.